The number of anilines is 1. The molecule has 0 aliphatic heterocycles. The zero-order valence-electron chi connectivity index (χ0n) is 9.21. The number of azo groups is 1. The first kappa shape index (κ1) is 12.4. The van der Waals surface area contributed by atoms with E-state index < -0.39 is 6.03 Å². The van der Waals surface area contributed by atoms with Gasteiger partial charge in [0.15, 0.2) is 0 Å². The number of carbonyl (C=O) groups excluding carboxylic acids is 1. The number of amides is 2. The van der Waals surface area contributed by atoms with Crippen LogP contribution in [0.1, 0.15) is 0 Å². The fraction of sp³-hybridized carbons (Fsp3) is 0.111. The second kappa shape index (κ2) is 6.05. The van der Waals surface area contributed by atoms with E-state index in [1.165, 1.54) is 7.05 Å². The molecule has 0 atom stereocenters. The van der Waals surface area contributed by atoms with Gasteiger partial charge in [-0.15, -0.1) is 10.2 Å². The summed E-state index contributed by atoms with van der Waals surface area (Å²) in [6, 6.07) is 6.11. The van der Waals surface area contributed by atoms with Crippen LogP contribution in [-0.2, 0) is 0 Å². The van der Waals surface area contributed by atoms with Crippen LogP contribution >= 0.6 is 0 Å². The van der Waals surface area contributed by atoms with Crippen molar-refractivity contribution < 1.29 is 4.79 Å². The Kier molecular flexibility index (Phi) is 4.43. The molecule has 0 fully saturated rings. The lowest BCUT2D eigenvalue weighted by atomic mass is 10.3. The fourth-order valence-electron chi connectivity index (χ4n) is 0.899. The highest BCUT2D eigenvalue weighted by Crippen LogP contribution is 2.15. The van der Waals surface area contributed by atoms with Crippen molar-refractivity contribution in [2.24, 2.45) is 26.7 Å². The van der Waals surface area contributed by atoms with Crippen LogP contribution in [0.5, 0.6) is 0 Å². The Morgan fingerprint density at radius 3 is 2.41 bits per heavy atom. The lowest BCUT2D eigenvalue weighted by Gasteiger charge is -2.05. The van der Waals surface area contributed by atoms with Crippen LogP contribution in [0.4, 0.5) is 16.2 Å². The van der Waals surface area contributed by atoms with E-state index in [4.69, 9.17) is 11.5 Å². The zero-order chi connectivity index (χ0) is 12.7. The number of nitrogens with one attached hydrogen (secondary N) is 2. The number of hydrogen-bond acceptors (Lipinski definition) is 4. The molecule has 0 aromatic heterocycles. The predicted molar refractivity (Wildman–Crippen MR) is 64.8 cm³/mol. The quantitative estimate of drug-likeness (QED) is 0.266. The standard InChI is InChI=1S/C9H13N7O/c1-12-8(10)15-13-6-2-4-7(5-3-6)14-16-9(11)17/h2-5,14H,1H3,(H2,10,12)(H3,11,16,17). The van der Waals surface area contributed by atoms with Crippen LogP contribution < -0.4 is 22.3 Å². The Balaban J connectivity index is 2.62. The molecule has 0 aliphatic rings. The predicted octanol–water partition coefficient (Wildman–Crippen LogP) is 0.710. The van der Waals surface area contributed by atoms with Gasteiger partial charge in [0.1, 0.15) is 0 Å². The number of carbonyl (C=O) groups is 1. The van der Waals surface area contributed by atoms with Crippen molar-refractivity contribution in [3.05, 3.63) is 24.3 Å². The third-order valence-electron chi connectivity index (χ3n) is 1.69. The lowest BCUT2D eigenvalue weighted by Crippen LogP contribution is -2.34. The molecule has 8 nitrogen and oxygen atoms in total. The molecule has 8 heteroatoms. The molecule has 0 bridgehead atoms. The molecular formula is C9H13N7O. The normalized spacial score (nSPS) is 11.5. The minimum Gasteiger partial charge on any atom is -0.367 e. The van der Waals surface area contributed by atoms with Gasteiger partial charge in [0.05, 0.1) is 11.4 Å². The van der Waals surface area contributed by atoms with Gasteiger partial charge in [0.2, 0.25) is 5.96 Å². The van der Waals surface area contributed by atoms with Crippen LogP contribution in [0.25, 0.3) is 0 Å². The minimum atomic E-state index is -0.666. The van der Waals surface area contributed by atoms with Gasteiger partial charge >= 0.3 is 6.03 Å². The topological polar surface area (TPSA) is 130 Å². The lowest BCUT2D eigenvalue weighted by molar-refractivity contribution is 0.250. The summed E-state index contributed by atoms with van der Waals surface area (Å²) in [5.41, 5.74) is 16.4. The average molecular weight is 235 g/mol. The largest absolute Gasteiger partial charge is 0.367 e. The Bertz CT molecular complexity index is 437. The number of primary amides is 1. The molecule has 0 heterocycles. The summed E-state index contributed by atoms with van der Waals surface area (Å²) in [5, 5.41) is 7.50. The third kappa shape index (κ3) is 4.60. The molecule has 0 aliphatic carbocycles. The molecule has 1 aromatic rings. The summed E-state index contributed by atoms with van der Waals surface area (Å²) in [6.45, 7) is 0. The third-order valence-corrected chi connectivity index (χ3v) is 1.69. The van der Waals surface area contributed by atoms with Crippen LogP contribution in [0.2, 0.25) is 0 Å². The van der Waals surface area contributed by atoms with Crippen molar-refractivity contribution in [2.75, 3.05) is 12.5 Å². The Hall–Kier alpha value is -2.64. The van der Waals surface area contributed by atoms with Gasteiger partial charge in [-0.1, -0.05) is 0 Å². The summed E-state index contributed by atoms with van der Waals surface area (Å²) in [4.78, 5) is 14.1. The number of urea groups is 1. The molecule has 17 heavy (non-hydrogen) atoms. The monoisotopic (exact) mass is 235 g/mol. The zero-order valence-corrected chi connectivity index (χ0v) is 9.21. The van der Waals surface area contributed by atoms with Gasteiger partial charge in [-0.3, -0.25) is 15.8 Å². The summed E-state index contributed by atoms with van der Waals surface area (Å²) in [7, 11) is 1.52. The van der Waals surface area contributed by atoms with Crippen LogP contribution in [0.15, 0.2) is 39.5 Å². The fourth-order valence-corrected chi connectivity index (χ4v) is 0.899. The number of aliphatic imine (C=N–C) groups is 1. The smallest absolute Gasteiger partial charge is 0.330 e. The molecule has 1 aromatic carbocycles. The first-order valence-electron chi connectivity index (χ1n) is 4.67. The summed E-state index contributed by atoms with van der Waals surface area (Å²) in [6.07, 6.45) is 0. The SMILES string of the molecule is CN=C(N)N=Nc1ccc(NNC(N)=O)cc1. The molecule has 0 saturated heterocycles. The maximum atomic E-state index is 10.4. The Morgan fingerprint density at radius 1 is 1.24 bits per heavy atom. The maximum absolute atomic E-state index is 10.4. The van der Waals surface area contributed by atoms with E-state index in [2.05, 4.69) is 26.1 Å². The molecule has 90 valence electrons. The molecule has 6 N–H and O–H groups in total. The maximum Gasteiger partial charge on any atom is 0.330 e. The number of nitrogens with zero attached hydrogens (tertiary/aromatic N) is 3. The Labute approximate surface area is 97.8 Å². The van der Waals surface area contributed by atoms with Crippen LogP contribution in [-0.4, -0.2) is 19.0 Å². The van der Waals surface area contributed by atoms with E-state index in [0.717, 1.165) is 0 Å². The minimum absolute atomic E-state index is 0.0996. The van der Waals surface area contributed by atoms with E-state index in [0.29, 0.717) is 11.4 Å². The molecule has 0 spiro atoms. The van der Waals surface area contributed by atoms with Gasteiger partial charge in [0.25, 0.3) is 0 Å². The molecule has 1 rings (SSSR count). The van der Waals surface area contributed by atoms with Crippen LogP contribution in [0, 0.1) is 0 Å². The van der Waals surface area contributed by atoms with E-state index in [-0.39, 0.29) is 5.96 Å². The number of hydrazine groups is 1. The van der Waals surface area contributed by atoms with Gasteiger partial charge in [-0.25, -0.2) is 4.79 Å². The summed E-state index contributed by atoms with van der Waals surface area (Å²) < 4.78 is 0. The van der Waals surface area contributed by atoms with Crippen molar-refractivity contribution in [1.29, 1.82) is 0 Å². The number of benzene rings is 1. The molecule has 0 saturated carbocycles. The number of guanidine groups is 1. The summed E-state index contributed by atoms with van der Waals surface area (Å²) >= 11 is 0. The highest BCUT2D eigenvalue weighted by Gasteiger charge is 1.94. The van der Waals surface area contributed by atoms with Crippen molar-refractivity contribution >= 4 is 23.4 Å². The van der Waals surface area contributed by atoms with E-state index in [1.54, 1.807) is 24.3 Å². The van der Waals surface area contributed by atoms with Crippen LogP contribution in [0.3, 0.4) is 0 Å². The first-order valence-corrected chi connectivity index (χ1v) is 4.67. The molecule has 0 unspecified atom stereocenters. The van der Waals surface area contributed by atoms with Gasteiger partial charge in [-0.05, 0) is 24.3 Å². The van der Waals surface area contributed by atoms with Crippen molar-refractivity contribution in [2.45, 2.75) is 0 Å². The van der Waals surface area contributed by atoms with E-state index in [9.17, 15) is 4.79 Å². The van der Waals surface area contributed by atoms with Crippen molar-refractivity contribution in [1.82, 2.24) is 5.43 Å². The molecule has 0 radical (unpaired) electrons. The molecular weight excluding hydrogens is 222 g/mol. The first-order chi connectivity index (χ1) is 8.11. The van der Waals surface area contributed by atoms with Gasteiger partial charge < -0.3 is 11.5 Å². The van der Waals surface area contributed by atoms with E-state index in [1.807, 2.05) is 0 Å². The highest BCUT2D eigenvalue weighted by atomic mass is 16.2. The number of nitrogens with two attached hydrogens (primary N) is 2. The molecule has 2 amide bonds. The van der Waals surface area contributed by atoms with Gasteiger partial charge in [-0.2, -0.15) is 0 Å². The Morgan fingerprint density at radius 2 is 1.88 bits per heavy atom. The second-order valence-corrected chi connectivity index (χ2v) is 2.94. The summed E-state index contributed by atoms with van der Waals surface area (Å²) in [5.74, 6) is 0.0996. The number of hydrogen-bond donors (Lipinski definition) is 4. The van der Waals surface area contributed by atoms with Crippen molar-refractivity contribution in [3.8, 4) is 0 Å². The van der Waals surface area contributed by atoms with Gasteiger partial charge in [0, 0.05) is 7.05 Å². The van der Waals surface area contributed by atoms with Crippen molar-refractivity contribution in [3.63, 3.8) is 0 Å². The second-order valence-electron chi connectivity index (χ2n) is 2.94. The number of rotatable bonds is 3. The average Bonchev–Trinajstić information content (AvgIpc) is 2.34. The highest BCUT2D eigenvalue weighted by molar-refractivity contribution is 5.78. The van der Waals surface area contributed by atoms with E-state index >= 15 is 0 Å².